The van der Waals surface area contributed by atoms with Crippen LogP contribution < -0.4 is 10.1 Å². The highest BCUT2D eigenvalue weighted by Gasteiger charge is 2.31. The Kier molecular flexibility index (Phi) is 5.44. The van der Waals surface area contributed by atoms with E-state index in [4.69, 9.17) is 4.74 Å². The van der Waals surface area contributed by atoms with E-state index in [1.165, 1.54) is 6.07 Å². The minimum Gasteiger partial charge on any atom is -0.475 e. The number of alkyl halides is 3. The van der Waals surface area contributed by atoms with Gasteiger partial charge >= 0.3 is 6.18 Å². The molecule has 1 amide bonds. The molecule has 128 valence electrons. The summed E-state index contributed by atoms with van der Waals surface area (Å²) in [5.74, 6) is 1.06. The number of carbonyl (C=O) groups is 1. The summed E-state index contributed by atoms with van der Waals surface area (Å²) in [6.45, 7) is 3.72. The zero-order valence-electron chi connectivity index (χ0n) is 12.9. The lowest BCUT2D eigenvalue weighted by molar-refractivity contribution is -0.137. The highest BCUT2D eigenvalue weighted by Crippen LogP contribution is 2.29. The van der Waals surface area contributed by atoms with E-state index in [0.29, 0.717) is 0 Å². The second-order valence-corrected chi connectivity index (χ2v) is 7.36. The Balaban J connectivity index is 1.87. The first kappa shape index (κ1) is 17.9. The van der Waals surface area contributed by atoms with Crippen LogP contribution in [0.1, 0.15) is 32.3 Å². The van der Waals surface area contributed by atoms with E-state index in [0.717, 1.165) is 30.9 Å². The Morgan fingerprint density at radius 1 is 1.43 bits per heavy atom. The van der Waals surface area contributed by atoms with Gasteiger partial charge in [-0.25, -0.2) is 4.98 Å². The molecule has 0 aliphatic carbocycles. The second kappa shape index (κ2) is 6.98. The largest absolute Gasteiger partial charge is 0.475 e. The molecule has 8 heteroatoms. The Hall–Kier alpha value is -1.44. The van der Waals surface area contributed by atoms with Crippen LogP contribution in [0.25, 0.3) is 0 Å². The summed E-state index contributed by atoms with van der Waals surface area (Å²) in [7, 11) is 0. The van der Waals surface area contributed by atoms with Gasteiger partial charge in [-0.2, -0.15) is 13.2 Å². The molecule has 2 heterocycles. The van der Waals surface area contributed by atoms with E-state index >= 15 is 0 Å². The summed E-state index contributed by atoms with van der Waals surface area (Å²) in [5.41, 5.74) is -1.46. The minimum atomic E-state index is -4.42. The molecule has 0 saturated carbocycles. The van der Waals surface area contributed by atoms with Crippen molar-refractivity contribution in [1.82, 2.24) is 10.3 Å². The van der Waals surface area contributed by atoms with Crippen LogP contribution in [-0.2, 0) is 11.0 Å². The molecule has 0 bridgehead atoms. The average molecular weight is 348 g/mol. The van der Waals surface area contributed by atoms with E-state index in [2.05, 4.69) is 10.3 Å². The number of halogens is 3. The first-order valence-corrected chi connectivity index (χ1v) is 8.32. The summed E-state index contributed by atoms with van der Waals surface area (Å²) in [4.78, 5) is 15.7. The monoisotopic (exact) mass is 348 g/mol. The van der Waals surface area contributed by atoms with Crippen molar-refractivity contribution in [3.05, 3.63) is 23.9 Å². The van der Waals surface area contributed by atoms with Crippen molar-refractivity contribution in [1.29, 1.82) is 0 Å². The normalized spacial score (nSPS) is 18.7. The minimum absolute atomic E-state index is 0.0264. The van der Waals surface area contributed by atoms with Crippen LogP contribution in [0.2, 0.25) is 0 Å². The number of amides is 1. The number of nitrogens with one attached hydrogen (secondary N) is 1. The lowest BCUT2D eigenvalue weighted by Crippen LogP contribution is -2.50. The fourth-order valence-corrected chi connectivity index (χ4v) is 3.28. The van der Waals surface area contributed by atoms with Gasteiger partial charge in [-0.3, -0.25) is 4.79 Å². The van der Waals surface area contributed by atoms with Crippen molar-refractivity contribution in [2.45, 2.75) is 43.7 Å². The van der Waals surface area contributed by atoms with Gasteiger partial charge in [0.15, 0.2) is 0 Å². The van der Waals surface area contributed by atoms with E-state index in [9.17, 15) is 18.0 Å². The molecule has 1 aromatic heterocycles. The number of hydrogen-bond donors (Lipinski definition) is 1. The summed E-state index contributed by atoms with van der Waals surface area (Å²) >= 11 is 1.64. The van der Waals surface area contributed by atoms with Crippen molar-refractivity contribution in [2.75, 3.05) is 12.4 Å². The Morgan fingerprint density at radius 2 is 2.17 bits per heavy atom. The van der Waals surface area contributed by atoms with Gasteiger partial charge in [0.2, 0.25) is 11.8 Å². The molecular formula is C15H19F3N2O2S. The van der Waals surface area contributed by atoms with Crippen LogP contribution in [0, 0.1) is 0 Å². The molecule has 2 rings (SSSR count). The summed E-state index contributed by atoms with van der Waals surface area (Å²) in [5, 5.41) is 2.88. The molecule has 0 spiro atoms. The van der Waals surface area contributed by atoms with Gasteiger partial charge in [-0.05, 0) is 38.5 Å². The van der Waals surface area contributed by atoms with Crippen LogP contribution in [0.15, 0.2) is 18.3 Å². The summed E-state index contributed by atoms with van der Waals surface area (Å²) < 4.78 is 42.8. The lowest BCUT2D eigenvalue weighted by atomic mass is 10.1. The molecule has 4 nitrogen and oxygen atoms in total. The van der Waals surface area contributed by atoms with Crippen molar-refractivity contribution < 1.29 is 22.7 Å². The fourth-order valence-electron chi connectivity index (χ4n) is 2.12. The first-order chi connectivity index (χ1) is 10.7. The topological polar surface area (TPSA) is 51.2 Å². The molecule has 1 aliphatic heterocycles. The molecule has 0 radical (unpaired) electrons. The van der Waals surface area contributed by atoms with Gasteiger partial charge in [-0.1, -0.05) is 0 Å². The molecule has 1 unspecified atom stereocenters. The first-order valence-electron chi connectivity index (χ1n) is 7.27. The maximum absolute atomic E-state index is 12.5. The number of rotatable bonds is 5. The van der Waals surface area contributed by atoms with Gasteiger partial charge < -0.3 is 10.1 Å². The predicted octanol–water partition coefficient (Wildman–Crippen LogP) is 3.27. The van der Waals surface area contributed by atoms with Crippen LogP contribution in [-0.4, -0.2) is 34.0 Å². The average Bonchev–Trinajstić information content (AvgIpc) is 2.99. The standard InChI is InChI=1S/C15H19F3N2O2S/c1-14(2,20-13(21)11-4-3-7-23-11)9-22-12-6-5-10(8-19-12)15(16,17)18/h5-6,8,11H,3-4,7,9H2,1-2H3,(H,20,21). The maximum atomic E-state index is 12.5. The fraction of sp³-hybridized carbons (Fsp3) is 0.600. The van der Waals surface area contributed by atoms with E-state index in [-0.39, 0.29) is 23.6 Å². The van der Waals surface area contributed by atoms with E-state index in [1.807, 2.05) is 0 Å². The van der Waals surface area contributed by atoms with Crippen molar-refractivity contribution in [3.8, 4) is 5.88 Å². The van der Waals surface area contributed by atoms with Gasteiger partial charge in [0.25, 0.3) is 0 Å². The number of pyridine rings is 1. The van der Waals surface area contributed by atoms with Crippen LogP contribution in [0.3, 0.4) is 0 Å². The molecule has 1 fully saturated rings. The maximum Gasteiger partial charge on any atom is 0.417 e. The number of ether oxygens (including phenoxy) is 1. The molecule has 1 saturated heterocycles. The highest BCUT2D eigenvalue weighted by atomic mass is 32.2. The molecule has 1 atom stereocenters. The number of nitrogens with zero attached hydrogens (tertiary/aromatic N) is 1. The lowest BCUT2D eigenvalue weighted by Gasteiger charge is -2.27. The van der Waals surface area contributed by atoms with Gasteiger partial charge in [0.05, 0.1) is 16.4 Å². The molecule has 0 aromatic carbocycles. The predicted molar refractivity (Wildman–Crippen MR) is 82.4 cm³/mol. The Labute approximate surface area is 137 Å². The van der Waals surface area contributed by atoms with Crippen molar-refractivity contribution in [3.63, 3.8) is 0 Å². The van der Waals surface area contributed by atoms with Crippen molar-refractivity contribution in [2.24, 2.45) is 0 Å². The molecule has 23 heavy (non-hydrogen) atoms. The third-order valence-corrected chi connectivity index (χ3v) is 4.70. The zero-order chi connectivity index (χ0) is 17.1. The molecule has 1 N–H and O–H groups in total. The van der Waals surface area contributed by atoms with E-state index in [1.54, 1.807) is 25.6 Å². The third-order valence-electron chi connectivity index (χ3n) is 3.33. The molecular weight excluding hydrogens is 329 g/mol. The molecule has 1 aliphatic rings. The smallest absolute Gasteiger partial charge is 0.417 e. The van der Waals surface area contributed by atoms with Crippen LogP contribution in [0.4, 0.5) is 13.2 Å². The van der Waals surface area contributed by atoms with Crippen molar-refractivity contribution >= 4 is 17.7 Å². The second-order valence-electron chi connectivity index (χ2n) is 6.05. The molecule has 1 aromatic rings. The Bertz CT molecular complexity index is 541. The third kappa shape index (κ3) is 5.30. The number of carbonyl (C=O) groups excluding carboxylic acids is 1. The highest BCUT2D eigenvalue weighted by molar-refractivity contribution is 8.00. The Morgan fingerprint density at radius 3 is 2.70 bits per heavy atom. The van der Waals surface area contributed by atoms with Crippen LogP contribution >= 0.6 is 11.8 Å². The number of hydrogen-bond acceptors (Lipinski definition) is 4. The summed E-state index contributed by atoms with van der Waals surface area (Å²) in [6.07, 6.45) is -1.78. The number of aromatic nitrogens is 1. The number of thioether (sulfide) groups is 1. The zero-order valence-corrected chi connectivity index (χ0v) is 13.8. The van der Waals surface area contributed by atoms with Gasteiger partial charge in [0.1, 0.15) is 6.61 Å². The van der Waals surface area contributed by atoms with E-state index < -0.39 is 17.3 Å². The van der Waals surface area contributed by atoms with Gasteiger partial charge in [-0.15, -0.1) is 11.8 Å². The quantitative estimate of drug-likeness (QED) is 0.887. The SMILES string of the molecule is CC(C)(COc1ccc(C(F)(F)F)cn1)NC(=O)C1CCCS1. The van der Waals surface area contributed by atoms with Crippen LogP contribution in [0.5, 0.6) is 5.88 Å². The summed E-state index contributed by atoms with van der Waals surface area (Å²) in [6, 6.07) is 2.09. The van der Waals surface area contributed by atoms with Gasteiger partial charge in [0, 0.05) is 12.3 Å².